The number of nitrogens with zero attached hydrogens (tertiary/aromatic N) is 1. The van der Waals surface area contributed by atoms with Gasteiger partial charge in [-0.05, 0) is 47.2 Å². The van der Waals surface area contributed by atoms with Crippen molar-refractivity contribution in [2.45, 2.75) is 50.4 Å². The zero-order chi connectivity index (χ0) is 35.6. The number of nitrogens with one attached hydrogen (secondary N) is 3. The van der Waals surface area contributed by atoms with E-state index in [1.165, 1.54) is 0 Å². The number of halogens is 3. The first kappa shape index (κ1) is 37.7. The topological polar surface area (TPSA) is 158 Å². The van der Waals surface area contributed by atoms with Crippen molar-refractivity contribution in [3.8, 4) is 11.1 Å². The van der Waals surface area contributed by atoms with Gasteiger partial charge in [-0.2, -0.15) is 13.2 Å². The maximum atomic E-state index is 13.5. The maximum Gasteiger partial charge on any atom is 0.490 e. The fraction of sp³-hybridized carbons (Fsp3) is 0.250. The number of aliphatic carboxylic acids is 2. The SMILES string of the molecule is O=C(O)C(F)(F)F.O=C(O)CC(NC(=O)[C@@H](Cc1ccccc1)NC(=O)CCCCNc1ccccn1)c1ccc(-c2ccccc2)cc1. The average Bonchev–Trinajstić information content (AvgIpc) is 3.08. The van der Waals surface area contributed by atoms with E-state index in [9.17, 15) is 32.7 Å². The number of carboxylic acid groups (broad SMARTS) is 2. The molecule has 0 aliphatic carbocycles. The van der Waals surface area contributed by atoms with Gasteiger partial charge in [-0.1, -0.05) is 91.0 Å². The largest absolute Gasteiger partial charge is 0.490 e. The summed E-state index contributed by atoms with van der Waals surface area (Å²) >= 11 is 0. The maximum absolute atomic E-state index is 13.5. The van der Waals surface area contributed by atoms with Crippen LogP contribution in [-0.2, 0) is 25.6 Å². The normalized spacial score (nSPS) is 12.0. The third-order valence-corrected chi connectivity index (χ3v) is 7.09. The first-order valence-corrected chi connectivity index (χ1v) is 15.4. The Kier molecular flexibility index (Phi) is 14.8. The predicted octanol–water partition coefficient (Wildman–Crippen LogP) is 6.02. The first-order chi connectivity index (χ1) is 23.4. The Hall–Kier alpha value is -5.72. The highest BCUT2D eigenvalue weighted by molar-refractivity contribution is 5.88. The van der Waals surface area contributed by atoms with E-state index in [-0.39, 0.29) is 25.2 Å². The van der Waals surface area contributed by atoms with E-state index in [4.69, 9.17) is 9.90 Å². The monoisotopic (exact) mass is 678 g/mol. The lowest BCUT2D eigenvalue weighted by Crippen LogP contribution is -2.49. The highest BCUT2D eigenvalue weighted by atomic mass is 19.4. The number of alkyl halides is 3. The number of hydrogen-bond acceptors (Lipinski definition) is 6. The lowest BCUT2D eigenvalue weighted by atomic mass is 9.98. The molecule has 1 aromatic heterocycles. The Morgan fingerprint density at radius 3 is 1.90 bits per heavy atom. The summed E-state index contributed by atoms with van der Waals surface area (Å²) in [6.45, 7) is 0.679. The number of carboxylic acids is 2. The minimum atomic E-state index is -5.08. The van der Waals surface area contributed by atoms with E-state index < -0.39 is 36.1 Å². The zero-order valence-corrected chi connectivity index (χ0v) is 26.4. The number of aromatic nitrogens is 1. The van der Waals surface area contributed by atoms with Crippen molar-refractivity contribution < 1.29 is 42.6 Å². The van der Waals surface area contributed by atoms with Crippen LogP contribution >= 0.6 is 0 Å². The summed E-state index contributed by atoms with van der Waals surface area (Å²) in [6.07, 6.45) is -1.70. The van der Waals surface area contributed by atoms with Gasteiger partial charge in [0.05, 0.1) is 12.5 Å². The number of benzene rings is 3. The Bertz CT molecular complexity index is 1620. The van der Waals surface area contributed by atoms with Crippen molar-refractivity contribution in [3.63, 3.8) is 0 Å². The van der Waals surface area contributed by atoms with Gasteiger partial charge in [-0.25, -0.2) is 9.78 Å². The molecule has 0 fully saturated rings. The predicted molar refractivity (Wildman–Crippen MR) is 177 cm³/mol. The van der Waals surface area contributed by atoms with E-state index in [1.807, 2.05) is 103 Å². The molecule has 2 atom stereocenters. The van der Waals surface area contributed by atoms with Crippen LogP contribution in [0.4, 0.5) is 19.0 Å². The molecule has 3 aromatic carbocycles. The highest BCUT2D eigenvalue weighted by Crippen LogP contribution is 2.24. The quantitative estimate of drug-likeness (QED) is 0.0955. The van der Waals surface area contributed by atoms with Crippen molar-refractivity contribution in [3.05, 3.63) is 120 Å². The molecule has 49 heavy (non-hydrogen) atoms. The second-order valence-corrected chi connectivity index (χ2v) is 10.9. The smallest absolute Gasteiger partial charge is 0.481 e. The molecule has 0 aliphatic heterocycles. The van der Waals surface area contributed by atoms with Crippen molar-refractivity contribution >= 4 is 29.6 Å². The van der Waals surface area contributed by atoms with Crippen LogP contribution in [0.2, 0.25) is 0 Å². The van der Waals surface area contributed by atoms with Crippen molar-refractivity contribution in [2.24, 2.45) is 0 Å². The summed E-state index contributed by atoms with van der Waals surface area (Å²) in [7, 11) is 0. The molecular weight excluding hydrogens is 641 g/mol. The van der Waals surface area contributed by atoms with Gasteiger partial charge in [0.25, 0.3) is 0 Å². The molecule has 4 rings (SSSR count). The number of carbonyl (C=O) groups is 4. The molecule has 258 valence electrons. The second kappa shape index (κ2) is 19.2. The summed E-state index contributed by atoms with van der Waals surface area (Å²) in [6, 6.07) is 30.8. The molecule has 10 nitrogen and oxygen atoms in total. The summed E-state index contributed by atoms with van der Waals surface area (Å²) in [5.74, 6) is -3.66. The Morgan fingerprint density at radius 2 is 1.33 bits per heavy atom. The Labute approximate surface area is 281 Å². The Morgan fingerprint density at radius 1 is 0.735 bits per heavy atom. The fourth-order valence-electron chi connectivity index (χ4n) is 4.66. The lowest BCUT2D eigenvalue weighted by molar-refractivity contribution is -0.192. The van der Waals surface area contributed by atoms with Crippen LogP contribution in [0.5, 0.6) is 0 Å². The number of pyridine rings is 1. The van der Waals surface area contributed by atoms with E-state index in [1.54, 1.807) is 6.20 Å². The van der Waals surface area contributed by atoms with Crippen molar-refractivity contribution in [1.29, 1.82) is 0 Å². The third-order valence-electron chi connectivity index (χ3n) is 7.09. The molecule has 13 heteroatoms. The minimum Gasteiger partial charge on any atom is -0.481 e. The summed E-state index contributed by atoms with van der Waals surface area (Å²) < 4.78 is 31.7. The van der Waals surface area contributed by atoms with Gasteiger partial charge in [0, 0.05) is 25.6 Å². The third kappa shape index (κ3) is 13.9. The highest BCUT2D eigenvalue weighted by Gasteiger charge is 2.38. The van der Waals surface area contributed by atoms with Gasteiger partial charge in [0.15, 0.2) is 0 Å². The molecule has 0 radical (unpaired) electrons. The van der Waals surface area contributed by atoms with Gasteiger partial charge in [0.1, 0.15) is 11.9 Å². The molecule has 1 unspecified atom stereocenters. The first-order valence-electron chi connectivity index (χ1n) is 15.4. The molecule has 0 bridgehead atoms. The number of unbranched alkanes of at least 4 members (excludes halogenated alkanes) is 1. The average molecular weight is 679 g/mol. The summed E-state index contributed by atoms with van der Waals surface area (Å²) in [4.78, 5) is 51.2. The van der Waals surface area contributed by atoms with E-state index >= 15 is 0 Å². The number of carbonyl (C=O) groups excluding carboxylic acids is 2. The van der Waals surface area contributed by atoms with Gasteiger partial charge in [-0.15, -0.1) is 0 Å². The standard InChI is InChI=1S/C34H36N4O4.C2HF3O2/c39-32(16-8-10-22-36-31-15-7-9-21-35-31)37-30(23-25-11-3-1-4-12-25)34(42)38-29(24-33(40)41)28-19-17-27(18-20-28)26-13-5-2-6-14-26;3-2(4,5)1(6)7/h1-7,9,11-15,17-21,29-30H,8,10,16,22-24H2,(H,35,36)(H,37,39)(H,38,42)(H,40,41);(H,6,7)/t29?,30-;/m1./s1. The molecule has 0 aliphatic rings. The van der Waals surface area contributed by atoms with E-state index in [0.717, 1.165) is 28.9 Å². The van der Waals surface area contributed by atoms with Crippen LogP contribution in [0.3, 0.4) is 0 Å². The van der Waals surface area contributed by atoms with Crippen LogP contribution in [-0.4, -0.2) is 57.7 Å². The van der Waals surface area contributed by atoms with E-state index in [2.05, 4.69) is 20.9 Å². The number of rotatable bonds is 15. The number of hydrogen-bond donors (Lipinski definition) is 5. The van der Waals surface area contributed by atoms with Crippen LogP contribution in [0.15, 0.2) is 109 Å². The molecule has 0 saturated carbocycles. The molecule has 4 aromatic rings. The molecule has 2 amide bonds. The molecular formula is C36H37F3N4O6. The molecule has 0 spiro atoms. The van der Waals surface area contributed by atoms with Crippen molar-refractivity contribution in [1.82, 2.24) is 15.6 Å². The molecule has 1 heterocycles. The second-order valence-electron chi connectivity index (χ2n) is 10.9. The Balaban J connectivity index is 0.000000838. The van der Waals surface area contributed by atoms with Crippen molar-refractivity contribution in [2.75, 3.05) is 11.9 Å². The van der Waals surface area contributed by atoms with E-state index in [0.29, 0.717) is 18.5 Å². The lowest BCUT2D eigenvalue weighted by Gasteiger charge is -2.23. The molecule has 5 N–H and O–H groups in total. The number of amides is 2. The van der Waals surface area contributed by atoms with Crippen LogP contribution in [0, 0.1) is 0 Å². The minimum absolute atomic E-state index is 0.231. The van der Waals surface area contributed by atoms with Crippen LogP contribution in [0.1, 0.15) is 42.9 Å². The van der Waals surface area contributed by atoms with Gasteiger partial charge in [0.2, 0.25) is 11.8 Å². The zero-order valence-electron chi connectivity index (χ0n) is 26.4. The van der Waals surface area contributed by atoms with Gasteiger partial charge in [-0.3, -0.25) is 14.4 Å². The van der Waals surface area contributed by atoms with Gasteiger partial charge < -0.3 is 26.2 Å². The van der Waals surface area contributed by atoms with Gasteiger partial charge >= 0.3 is 18.1 Å². The van der Waals surface area contributed by atoms with Crippen LogP contribution in [0.25, 0.3) is 11.1 Å². The number of anilines is 1. The summed E-state index contributed by atoms with van der Waals surface area (Å²) in [5, 5.41) is 25.7. The fourth-order valence-corrected chi connectivity index (χ4v) is 4.66. The molecule has 0 saturated heterocycles. The van der Waals surface area contributed by atoms with Crippen LogP contribution < -0.4 is 16.0 Å². The summed E-state index contributed by atoms with van der Waals surface area (Å²) in [5.41, 5.74) is 3.60.